The molecule has 7 heteroatoms. The number of sulfonamides is 1. The lowest BCUT2D eigenvalue weighted by Crippen LogP contribution is -2.51. The number of aliphatic hydroxyl groups is 1. The van der Waals surface area contributed by atoms with Crippen LogP contribution in [-0.2, 0) is 10.0 Å². The number of rotatable bonds is 3. The van der Waals surface area contributed by atoms with E-state index in [0.717, 1.165) is 0 Å². The molecule has 0 atom stereocenters. The van der Waals surface area contributed by atoms with Gasteiger partial charge in [0.05, 0.1) is 4.90 Å². The van der Waals surface area contributed by atoms with Crippen LogP contribution < -0.4 is 5.73 Å². The second kappa shape index (κ2) is 4.56. The molecule has 0 aliphatic carbocycles. The van der Waals surface area contributed by atoms with Gasteiger partial charge in [-0.15, -0.1) is 0 Å². The van der Waals surface area contributed by atoms with Crippen LogP contribution in [0.5, 0.6) is 0 Å². The van der Waals surface area contributed by atoms with Gasteiger partial charge in [0.1, 0.15) is 0 Å². The van der Waals surface area contributed by atoms with Crippen molar-refractivity contribution in [3.8, 4) is 0 Å². The third-order valence-corrected chi connectivity index (χ3v) is 5.31. The van der Waals surface area contributed by atoms with Gasteiger partial charge in [0, 0.05) is 35.8 Å². The first-order valence-electron chi connectivity index (χ1n) is 5.11. The smallest absolute Gasteiger partial charge is 0.243 e. The molecular weight excluding hydrogens is 308 g/mol. The quantitative estimate of drug-likeness (QED) is 0.801. The summed E-state index contributed by atoms with van der Waals surface area (Å²) in [7, 11) is -3.45. The van der Waals surface area contributed by atoms with Gasteiger partial charge < -0.3 is 10.8 Å². The van der Waals surface area contributed by atoms with Gasteiger partial charge in [0.15, 0.2) is 0 Å². The van der Waals surface area contributed by atoms with Gasteiger partial charge in [-0.25, -0.2) is 8.42 Å². The predicted molar refractivity (Wildman–Crippen MR) is 67.9 cm³/mol. The Morgan fingerprint density at radius 1 is 1.47 bits per heavy atom. The molecule has 0 radical (unpaired) electrons. The number of hydrogen-bond acceptors (Lipinski definition) is 4. The summed E-state index contributed by atoms with van der Waals surface area (Å²) < 4.78 is 26.2. The van der Waals surface area contributed by atoms with Crippen LogP contribution in [0.3, 0.4) is 0 Å². The minimum Gasteiger partial charge on any atom is -0.398 e. The lowest BCUT2D eigenvalue weighted by molar-refractivity contribution is 0.117. The van der Waals surface area contributed by atoms with Gasteiger partial charge in [-0.1, -0.05) is 0 Å². The molecule has 0 amide bonds. The average Bonchev–Trinajstić information content (AvgIpc) is 2.20. The van der Waals surface area contributed by atoms with E-state index in [2.05, 4.69) is 15.9 Å². The van der Waals surface area contributed by atoms with Crippen LogP contribution in [-0.4, -0.2) is 37.5 Å². The monoisotopic (exact) mass is 320 g/mol. The van der Waals surface area contributed by atoms with Crippen molar-refractivity contribution in [1.82, 2.24) is 4.31 Å². The second-order valence-corrected chi connectivity index (χ2v) is 6.85. The van der Waals surface area contributed by atoms with E-state index in [9.17, 15) is 8.42 Å². The van der Waals surface area contributed by atoms with Crippen molar-refractivity contribution in [1.29, 1.82) is 0 Å². The molecule has 1 fully saturated rings. The number of nitrogens with two attached hydrogens (primary N) is 1. The van der Waals surface area contributed by atoms with Crippen LogP contribution in [0.1, 0.15) is 0 Å². The van der Waals surface area contributed by atoms with Crippen LogP contribution in [0.4, 0.5) is 5.69 Å². The Kier molecular flexibility index (Phi) is 3.44. The summed E-state index contributed by atoms with van der Waals surface area (Å²) in [4.78, 5) is 0.218. The molecule has 1 aliphatic heterocycles. The van der Waals surface area contributed by atoms with E-state index >= 15 is 0 Å². The molecule has 0 bridgehead atoms. The van der Waals surface area contributed by atoms with Crippen molar-refractivity contribution in [2.75, 3.05) is 25.4 Å². The fourth-order valence-corrected chi connectivity index (χ4v) is 3.80. The lowest BCUT2D eigenvalue weighted by atomic mass is 10.1. The summed E-state index contributed by atoms with van der Waals surface area (Å²) in [5.74, 6) is 0.0574. The van der Waals surface area contributed by atoms with Crippen LogP contribution in [0, 0.1) is 5.92 Å². The minimum absolute atomic E-state index is 0.0253. The van der Waals surface area contributed by atoms with Gasteiger partial charge in [0.25, 0.3) is 0 Å². The van der Waals surface area contributed by atoms with Crippen LogP contribution in [0.15, 0.2) is 27.6 Å². The van der Waals surface area contributed by atoms with Gasteiger partial charge in [0.2, 0.25) is 10.0 Å². The van der Waals surface area contributed by atoms with Crippen molar-refractivity contribution < 1.29 is 13.5 Å². The standard InChI is InChI=1S/C10H13BrN2O3S/c11-9-3-8(1-2-10(9)12)17(15,16)13-4-7(5-13)6-14/h1-3,7,14H,4-6,12H2. The summed E-state index contributed by atoms with van der Waals surface area (Å²) in [5.41, 5.74) is 6.11. The third kappa shape index (κ3) is 2.33. The Morgan fingerprint density at radius 3 is 2.65 bits per heavy atom. The first-order chi connectivity index (χ1) is 7.95. The zero-order chi connectivity index (χ0) is 12.6. The largest absolute Gasteiger partial charge is 0.398 e. The SMILES string of the molecule is Nc1ccc(S(=O)(=O)N2CC(CO)C2)cc1Br. The third-order valence-electron chi connectivity index (χ3n) is 2.79. The van der Waals surface area contributed by atoms with Gasteiger partial charge in [-0.2, -0.15) is 4.31 Å². The van der Waals surface area contributed by atoms with Gasteiger partial charge >= 0.3 is 0 Å². The fraction of sp³-hybridized carbons (Fsp3) is 0.400. The fourth-order valence-electron chi connectivity index (χ4n) is 1.65. The van der Waals surface area contributed by atoms with E-state index in [1.165, 1.54) is 16.4 Å². The average molecular weight is 321 g/mol. The van der Waals surface area contributed by atoms with E-state index in [1.54, 1.807) is 6.07 Å². The van der Waals surface area contributed by atoms with Crippen molar-refractivity contribution in [3.05, 3.63) is 22.7 Å². The topological polar surface area (TPSA) is 83.6 Å². The molecule has 1 aromatic rings. The van der Waals surface area contributed by atoms with Crippen LogP contribution in [0.2, 0.25) is 0 Å². The zero-order valence-corrected chi connectivity index (χ0v) is 11.4. The second-order valence-electron chi connectivity index (χ2n) is 4.05. The summed E-state index contributed by atoms with van der Waals surface area (Å²) in [6.45, 7) is 0.777. The highest BCUT2D eigenvalue weighted by Gasteiger charge is 2.36. The number of aliphatic hydroxyl groups excluding tert-OH is 1. The van der Waals surface area contributed by atoms with Crippen LogP contribution in [0.25, 0.3) is 0 Å². The van der Waals surface area contributed by atoms with Gasteiger partial charge in [-0.3, -0.25) is 0 Å². The predicted octanol–water partition coefficient (Wildman–Crippen LogP) is 0.644. The summed E-state index contributed by atoms with van der Waals surface area (Å²) in [5, 5.41) is 8.88. The first kappa shape index (κ1) is 12.8. The van der Waals surface area contributed by atoms with Crippen molar-refractivity contribution in [2.45, 2.75) is 4.90 Å². The molecule has 1 aromatic carbocycles. The number of anilines is 1. The highest BCUT2D eigenvalue weighted by Crippen LogP contribution is 2.28. The van der Waals surface area contributed by atoms with Crippen molar-refractivity contribution >= 4 is 31.6 Å². The molecule has 5 nitrogen and oxygen atoms in total. The molecule has 94 valence electrons. The molecule has 0 unspecified atom stereocenters. The molecule has 2 rings (SSSR count). The highest BCUT2D eigenvalue weighted by atomic mass is 79.9. The summed E-state index contributed by atoms with van der Waals surface area (Å²) in [6, 6.07) is 4.54. The maximum absolute atomic E-state index is 12.1. The van der Waals surface area contributed by atoms with E-state index in [-0.39, 0.29) is 17.4 Å². The zero-order valence-electron chi connectivity index (χ0n) is 9.01. The Balaban J connectivity index is 2.24. The Labute approximate surface area is 108 Å². The van der Waals surface area contributed by atoms with Crippen molar-refractivity contribution in [2.24, 2.45) is 5.92 Å². The first-order valence-corrected chi connectivity index (χ1v) is 7.34. The Bertz CT molecular complexity index is 526. The Morgan fingerprint density at radius 2 is 2.12 bits per heavy atom. The molecule has 17 heavy (non-hydrogen) atoms. The summed E-state index contributed by atoms with van der Waals surface area (Å²) >= 11 is 3.21. The highest BCUT2D eigenvalue weighted by molar-refractivity contribution is 9.10. The van der Waals surface area contributed by atoms with Crippen LogP contribution >= 0.6 is 15.9 Å². The molecule has 0 saturated carbocycles. The Hall–Kier alpha value is -0.630. The number of nitrogens with zero attached hydrogens (tertiary/aromatic N) is 1. The molecular formula is C10H13BrN2O3S. The number of halogens is 1. The minimum atomic E-state index is -3.45. The lowest BCUT2D eigenvalue weighted by Gasteiger charge is -2.36. The van der Waals surface area contributed by atoms with E-state index in [4.69, 9.17) is 10.8 Å². The number of hydrogen-bond donors (Lipinski definition) is 2. The molecule has 0 spiro atoms. The molecule has 1 heterocycles. The van der Waals surface area contributed by atoms with Gasteiger partial charge in [-0.05, 0) is 34.1 Å². The number of nitrogen functional groups attached to an aromatic ring is 1. The maximum Gasteiger partial charge on any atom is 0.243 e. The molecule has 1 saturated heterocycles. The maximum atomic E-state index is 12.1. The van der Waals surface area contributed by atoms with Crippen molar-refractivity contribution in [3.63, 3.8) is 0 Å². The number of benzene rings is 1. The normalized spacial score (nSPS) is 18.0. The molecule has 3 N–H and O–H groups in total. The molecule has 1 aliphatic rings. The van der Waals surface area contributed by atoms with E-state index < -0.39 is 10.0 Å². The van der Waals surface area contributed by atoms with E-state index in [1.807, 2.05) is 0 Å². The summed E-state index contributed by atoms with van der Waals surface area (Å²) in [6.07, 6.45) is 0. The molecule has 0 aromatic heterocycles. The van der Waals surface area contributed by atoms with E-state index in [0.29, 0.717) is 23.2 Å².